The third-order valence-electron chi connectivity index (χ3n) is 3.47. The van der Waals surface area contributed by atoms with Crippen LogP contribution in [0.25, 0.3) is 0 Å². The van der Waals surface area contributed by atoms with Crippen LogP contribution in [0, 0.1) is 0 Å². The maximum absolute atomic E-state index is 5.17. The lowest BCUT2D eigenvalue weighted by molar-refractivity contribution is 0.257. The molecule has 1 unspecified atom stereocenters. The summed E-state index contributed by atoms with van der Waals surface area (Å²) in [5.41, 5.74) is 1.28. The normalized spacial score (nSPS) is 21.6. The summed E-state index contributed by atoms with van der Waals surface area (Å²) in [6.45, 7) is 6.65. The van der Waals surface area contributed by atoms with Crippen LogP contribution in [0.5, 0.6) is 5.88 Å². The van der Waals surface area contributed by atoms with Crippen LogP contribution in [0.15, 0.2) is 18.3 Å². The molecule has 0 bridgehead atoms. The van der Waals surface area contributed by atoms with Crippen molar-refractivity contribution in [2.45, 2.75) is 32.4 Å². The molecule has 0 radical (unpaired) electrons. The molecule has 18 heavy (non-hydrogen) atoms. The zero-order valence-electron chi connectivity index (χ0n) is 11.4. The summed E-state index contributed by atoms with van der Waals surface area (Å²) in [4.78, 5) is 6.66. The molecule has 1 N–H and O–H groups in total. The van der Waals surface area contributed by atoms with Crippen LogP contribution in [0.4, 0.5) is 0 Å². The van der Waals surface area contributed by atoms with Gasteiger partial charge in [0.25, 0.3) is 0 Å². The Labute approximate surface area is 109 Å². The van der Waals surface area contributed by atoms with Gasteiger partial charge in [0, 0.05) is 31.4 Å². The minimum absolute atomic E-state index is 0.622. The summed E-state index contributed by atoms with van der Waals surface area (Å²) in [7, 11) is 1.66. The van der Waals surface area contributed by atoms with Crippen molar-refractivity contribution in [2.75, 3.05) is 26.7 Å². The van der Waals surface area contributed by atoms with E-state index in [9.17, 15) is 0 Å². The highest BCUT2D eigenvalue weighted by molar-refractivity contribution is 5.20. The zero-order chi connectivity index (χ0) is 12.8. The summed E-state index contributed by atoms with van der Waals surface area (Å²) in [6, 6.07) is 4.72. The number of hydrogen-bond donors (Lipinski definition) is 1. The number of nitrogens with one attached hydrogen (secondary N) is 1. The molecule has 0 aliphatic carbocycles. The molecule has 4 nitrogen and oxygen atoms in total. The van der Waals surface area contributed by atoms with E-state index in [1.807, 2.05) is 12.3 Å². The van der Waals surface area contributed by atoms with E-state index in [1.54, 1.807) is 7.11 Å². The molecule has 0 spiro atoms. The molecule has 2 rings (SSSR count). The molecule has 2 heterocycles. The predicted molar refractivity (Wildman–Crippen MR) is 72.8 cm³/mol. The molecule has 1 aromatic heterocycles. The number of hydrogen-bond acceptors (Lipinski definition) is 4. The molecule has 1 saturated heterocycles. The molecule has 0 aromatic carbocycles. The minimum Gasteiger partial charge on any atom is -0.481 e. The molecule has 1 aliphatic rings. The van der Waals surface area contributed by atoms with Crippen molar-refractivity contribution in [1.82, 2.24) is 15.2 Å². The van der Waals surface area contributed by atoms with Gasteiger partial charge in [-0.1, -0.05) is 6.92 Å². The third kappa shape index (κ3) is 3.68. The van der Waals surface area contributed by atoms with E-state index in [1.165, 1.54) is 18.4 Å². The Balaban J connectivity index is 1.98. The lowest BCUT2D eigenvalue weighted by Crippen LogP contribution is -2.36. The number of methoxy groups -OCH3 is 1. The summed E-state index contributed by atoms with van der Waals surface area (Å²) in [5.74, 6) is 0.701. The first-order chi connectivity index (χ1) is 8.81. The highest BCUT2D eigenvalue weighted by Gasteiger charge is 2.16. The Hall–Kier alpha value is -1.13. The van der Waals surface area contributed by atoms with Gasteiger partial charge in [-0.05, 0) is 37.6 Å². The number of pyridine rings is 1. The van der Waals surface area contributed by atoms with Gasteiger partial charge in [-0.2, -0.15) is 0 Å². The largest absolute Gasteiger partial charge is 0.481 e. The van der Waals surface area contributed by atoms with Gasteiger partial charge in [0.05, 0.1) is 7.11 Å². The minimum atomic E-state index is 0.622. The maximum Gasteiger partial charge on any atom is 0.213 e. The van der Waals surface area contributed by atoms with Crippen molar-refractivity contribution in [1.29, 1.82) is 0 Å². The quantitative estimate of drug-likeness (QED) is 0.880. The second kappa shape index (κ2) is 6.71. The van der Waals surface area contributed by atoms with E-state index in [-0.39, 0.29) is 0 Å². The van der Waals surface area contributed by atoms with Crippen LogP contribution in [-0.4, -0.2) is 42.7 Å². The van der Waals surface area contributed by atoms with Crippen molar-refractivity contribution in [3.63, 3.8) is 0 Å². The first kappa shape index (κ1) is 13.3. The molecule has 0 saturated carbocycles. The third-order valence-corrected chi connectivity index (χ3v) is 3.47. The second-order valence-corrected chi connectivity index (χ2v) is 4.85. The highest BCUT2D eigenvalue weighted by Crippen LogP contribution is 2.13. The lowest BCUT2D eigenvalue weighted by Gasteiger charge is -2.23. The summed E-state index contributed by atoms with van der Waals surface area (Å²) >= 11 is 0. The smallest absolute Gasteiger partial charge is 0.213 e. The van der Waals surface area contributed by atoms with E-state index < -0.39 is 0 Å². The Morgan fingerprint density at radius 3 is 3.22 bits per heavy atom. The second-order valence-electron chi connectivity index (χ2n) is 4.85. The molecule has 1 fully saturated rings. The number of aromatic nitrogens is 1. The topological polar surface area (TPSA) is 37.4 Å². The van der Waals surface area contributed by atoms with Gasteiger partial charge in [0.1, 0.15) is 0 Å². The van der Waals surface area contributed by atoms with Gasteiger partial charge in [-0.3, -0.25) is 4.90 Å². The highest BCUT2D eigenvalue weighted by atomic mass is 16.5. The van der Waals surface area contributed by atoms with Crippen LogP contribution < -0.4 is 10.1 Å². The van der Waals surface area contributed by atoms with Crippen LogP contribution >= 0.6 is 0 Å². The van der Waals surface area contributed by atoms with Crippen molar-refractivity contribution in [3.8, 4) is 5.88 Å². The zero-order valence-corrected chi connectivity index (χ0v) is 11.4. The Kier molecular flexibility index (Phi) is 4.96. The molecule has 4 heteroatoms. The first-order valence-corrected chi connectivity index (χ1v) is 6.76. The summed E-state index contributed by atoms with van der Waals surface area (Å²) < 4.78 is 5.17. The van der Waals surface area contributed by atoms with E-state index in [2.05, 4.69) is 28.2 Å². The fraction of sp³-hybridized carbons (Fsp3) is 0.643. The fourth-order valence-corrected chi connectivity index (χ4v) is 2.41. The molecular weight excluding hydrogens is 226 g/mol. The standard InChI is InChI=1S/C14H23N3O/c1-3-13-11-17(8-4-6-15-13)10-12-5-7-16-14(9-12)18-2/h5,7,9,13,15H,3-4,6,8,10-11H2,1-2H3. The summed E-state index contributed by atoms with van der Waals surface area (Å²) in [6.07, 6.45) is 4.23. The van der Waals surface area contributed by atoms with E-state index >= 15 is 0 Å². The van der Waals surface area contributed by atoms with Crippen molar-refractivity contribution >= 4 is 0 Å². The first-order valence-electron chi connectivity index (χ1n) is 6.76. The van der Waals surface area contributed by atoms with Gasteiger partial charge >= 0.3 is 0 Å². The van der Waals surface area contributed by atoms with Gasteiger partial charge < -0.3 is 10.1 Å². The molecule has 1 aromatic rings. The predicted octanol–water partition coefficient (Wildman–Crippen LogP) is 1.66. The van der Waals surface area contributed by atoms with E-state index in [0.29, 0.717) is 11.9 Å². The lowest BCUT2D eigenvalue weighted by atomic mass is 10.2. The monoisotopic (exact) mass is 249 g/mol. The molecular formula is C14H23N3O. The molecule has 100 valence electrons. The number of nitrogens with zero attached hydrogens (tertiary/aromatic N) is 2. The average molecular weight is 249 g/mol. The van der Waals surface area contributed by atoms with Gasteiger partial charge in [-0.25, -0.2) is 4.98 Å². The SMILES string of the molecule is CCC1CN(Cc2ccnc(OC)c2)CCCN1. The number of rotatable bonds is 4. The van der Waals surface area contributed by atoms with Gasteiger partial charge in [0.15, 0.2) is 0 Å². The van der Waals surface area contributed by atoms with Crippen LogP contribution in [0.2, 0.25) is 0 Å². The molecule has 1 atom stereocenters. The van der Waals surface area contributed by atoms with Crippen molar-refractivity contribution in [2.24, 2.45) is 0 Å². The molecule has 0 amide bonds. The van der Waals surface area contributed by atoms with E-state index in [4.69, 9.17) is 4.74 Å². The van der Waals surface area contributed by atoms with Gasteiger partial charge in [-0.15, -0.1) is 0 Å². The molecule has 1 aliphatic heterocycles. The Bertz CT molecular complexity index is 370. The maximum atomic E-state index is 5.17. The Morgan fingerprint density at radius 2 is 2.44 bits per heavy atom. The van der Waals surface area contributed by atoms with Crippen LogP contribution in [0.3, 0.4) is 0 Å². The Morgan fingerprint density at radius 1 is 1.56 bits per heavy atom. The van der Waals surface area contributed by atoms with Crippen LogP contribution in [-0.2, 0) is 6.54 Å². The van der Waals surface area contributed by atoms with Crippen LogP contribution in [0.1, 0.15) is 25.3 Å². The van der Waals surface area contributed by atoms with E-state index in [0.717, 1.165) is 26.2 Å². The fourth-order valence-electron chi connectivity index (χ4n) is 2.41. The number of ether oxygens (including phenoxy) is 1. The average Bonchev–Trinajstić information content (AvgIpc) is 2.64. The summed E-state index contributed by atoms with van der Waals surface area (Å²) in [5, 5.41) is 3.59. The van der Waals surface area contributed by atoms with Gasteiger partial charge in [0.2, 0.25) is 5.88 Å². The van der Waals surface area contributed by atoms with Crippen molar-refractivity contribution in [3.05, 3.63) is 23.9 Å². The van der Waals surface area contributed by atoms with Crippen molar-refractivity contribution < 1.29 is 4.74 Å².